The van der Waals surface area contributed by atoms with E-state index in [4.69, 9.17) is 9.52 Å². The van der Waals surface area contributed by atoms with Gasteiger partial charge in [0.25, 0.3) is 0 Å². The number of rotatable bonds is 4. The number of oxazole rings is 1. The molecule has 1 fully saturated rings. The van der Waals surface area contributed by atoms with Crippen LogP contribution in [0.15, 0.2) is 41.0 Å². The maximum absolute atomic E-state index is 10.7. The van der Waals surface area contributed by atoms with Crippen molar-refractivity contribution >= 4 is 5.97 Å². The van der Waals surface area contributed by atoms with Crippen LogP contribution in [0.2, 0.25) is 0 Å². The molecule has 0 amide bonds. The Balaban J connectivity index is 1.62. The van der Waals surface area contributed by atoms with E-state index in [1.54, 1.807) is 6.26 Å². The van der Waals surface area contributed by atoms with E-state index in [0.29, 0.717) is 25.5 Å². The lowest BCUT2D eigenvalue weighted by Crippen LogP contribution is -2.49. The Morgan fingerprint density at radius 3 is 2.79 bits per heavy atom. The van der Waals surface area contributed by atoms with Crippen molar-refractivity contribution in [2.24, 2.45) is 5.92 Å². The van der Waals surface area contributed by atoms with Crippen LogP contribution >= 0.6 is 0 Å². The number of aliphatic carboxylic acids is 1. The van der Waals surface area contributed by atoms with Crippen LogP contribution in [0.4, 0.5) is 0 Å². The molecule has 19 heavy (non-hydrogen) atoms. The summed E-state index contributed by atoms with van der Waals surface area (Å²) in [6.45, 7) is 1.81. The molecule has 1 saturated heterocycles. The summed E-state index contributed by atoms with van der Waals surface area (Å²) in [5.41, 5.74) is 1.78. The van der Waals surface area contributed by atoms with Crippen LogP contribution in [0, 0.1) is 5.92 Å². The molecule has 1 aromatic heterocycles. The number of likely N-dealkylation sites (tertiary alicyclic amines) is 1. The molecule has 0 atom stereocenters. The fourth-order valence-corrected chi connectivity index (χ4v) is 2.18. The molecule has 3 rings (SSSR count). The Morgan fingerprint density at radius 2 is 2.11 bits per heavy atom. The van der Waals surface area contributed by atoms with Gasteiger partial charge in [0.1, 0.15) is 6.26 Å². The van der Waals surface area contributed by atoms with Crippen LogP contribution in [0.25, 0.3) is 11.5 Å². The van der Waals surface area contributed by atoms with Gasteiger partial charge in [-0.15, -0.1) is 0 Å². The zero-order chi connectivity index (χ0) is 13.2. The molecule has 0 aliphatic carbocycles. The molecule has 5 nitrogen and oxygen atoms in total. The first-order valence-corrected chi connectivity index (χ1v) is 6.17. The number of aromatic nitrogens is 1. The summed E-state index contributed by atoms with van der Waals surface area (Å²) in [5, 5.41) is 8.81. The van der Waals surface area contributed by atoms with Gasteiger partial charge in [-0.1, -0.05) is 18.2 Å². The minimum Gasteiger partial charge on any atom is -0.481 e. The van der Waals surface area contributed by atoms with Gasteiger partial charge in [-0.2, -0.15) is 0 Å². The summed E-state index contributed by atoms with van der Waals surface area (Å²) in [7, 11) is 0. The summed E-state index contributed by atoms with van der Waals surface area (Å²) in [6, 6.07) is 9.71. The molecule has 0 spiro atoms. The van der Waals surface area contributed by atoms with E-state index in [-0.39, 0.29) is 5.92 Å². The minimum atomic E-state index is -0.721. The third kappa shape index (κ3) is 2.51. The Kier molecular flexibility index (Phi) is 3.05. The number of benzene rings is 1. The quantitative estimate of drug-likeness (QED) is 0.906. The molecule has 1 aromatic carbocycles. The molecule has 0 bridgehead atoms. The lowest BCUT2D eigenvalue weighted by Gasteiger charge is -2.35. The van der Waals surface area contributed by atoms with Crippen molar-refractivity contribution in [1.82, 2.24) is 9.88 Å². The van der Waals surface area contributed by atoms with Crippen LogP contribution in [0.1, 0.15) is 5.69 Å². The van der Waals surface area contributed by atoms with Gasteiger partial charge in [-0.05, 0) is 12.1 Å². The highest BCUT2D eigenvalue weighted by Crippen LogP contribution is 2.21. The topological polar surface area (TPSA) is 66.6 Å². The maximum Gasteiger partial charge on any atom is 0.309 e. The molecule has 1 N–H and O–H groups in total. The molecule has 0 unspecified atom stereocenters. The summed E-state index contributed by atoms with van der Waals surface area (Å²) >= 11 is 0. The van der Waals surface area contributed by atoms with Crippen molar-refractivity contribution in [3.63, 3.8) is 0 Å². The SMILES string of the molecule is O=C(O)C1CN(Cc2coc(-c3ccccc3)n2)C1. The van der Waals surface area contributed by atoms with E-state index >= 15 is 0 Å². The second kappa shape index (κ2) is 4.85. The molecule has 5 heteroatoms. The first kappa shape index (κ1) is 11.9. The van der Waals surface area contributed by atoms with Crippen LogP contribution in [0.5, 0.6) is 0 Å². The largest absolute Gasteiger partial charge is 0.481 e. The molecular formula is C14H14N2O3. The van der Waals surface area contributed by atoms with Gasteiger partial charge < -0.3 is 9.52 Å². The summed E-state index contributed by atoms with van der Waals surface area (Å²) < 4.78 is 5.44. The van der Waals surface area contributed by atoms with Gasteiger partial charge in [0, 0.05) is 25.2 Å². The van der Waals surface area contributed by atoms with E-state index in [1.165, 1.54) is 0 Å². The molecule has 0 saturated carbocycles. The number of carboxylic acid groups (broad SMARTS) is 1. The van der Waals surface area contributed by atoms with Gasteiger partial charge in [0.15, 0.2) is 0 Å². The average molecular weight is 258 g/mol. The predicted molar refractivity (Wildman–Crippen MR) is 68.3 cm³/mol. The van der Waals surface area contributed by atoms with Crippen LogP contribution in [0.3, 0.4) is 0 Å². The van der Waals surface area contributed by atoms with Gasteiger partial charge in [-0.3, -0.25) is 9.69 Å². The second-order valence-corrected chi connectivity index (χ2v) is 4.74. The molecule has 1 aliphatic rings. The van der Waals surface area contributed by atoms with Gasteiger partial charge in [-0.25, -0.2) is 4.98 Å². The summed E-state index contributed by atoms with van der Waals surface area (Å²) in [6.07, 6.45) is 1.64. The Bertz CT molecular complexity index is 573. The lowest BCUT2D eigenvalue weighted by atomic mass is 10.0. The molecule has 2 heterocycles. The summed E-state index contributed by atoms with van der Waals surface area (Å²) in [5.74, 6) is -0.354. The fraction of sp³-hybridized carbons (Fsp3) is 0.286. The molecule has 2 aromatic rings. The van der Waals surface area contributed by atoms with Gasteiger partial charge >= 0.3 is 5.97 Å². The number of carboxylic acids is 1. The first-order chi connectivity index (χ1) is 9.22. The highest BCUT2D eigenvalue weighted by atomic mass is 16.4. The standard InChI is InChI=1S/C14H14N2O3/c17-14(18)11-6-16(7-11)8-12-9-19-13(15-12)10-4-2-1-3-5-10/h1-5,9,11H,6-8H2,(H,17,18). The fourth-order valence-electron chi connectivity index (χ4n) is 2.18. The van der Waals surface area contributed by atoms with Crippen molar-refractivity contribution in [3.05, 3.63) is 42.3 Å². The molecule has 0 radical (unpaired) electrons. The Hall–Kier alpha value is -2.14. The van der Waals surface area contributed by atoms with Gasteiger partial charge in [0.05, 0.1) is 11.6 Å². The van der Waals surface area contributed by atoms with E-state index in [1.807, 2.05) is 35.2 Å². The van der Waals surface area contributed by atoms with E-state index in [0.717, 1.165) is 11.3 Å². The number of hydrogen-bond acceptors (Lipinski definition) is 4. The number of carbonyl (C=O) groups is 1. The molecule has 1 aliphatic heterocycles. The van der Waals surface area contributed by atoms with Gasteiger partial charge in [0.2, 0.25) is 5.89 Å². The monoisotopic (exact) mass is 258 g/mol. The zero-order valence-corrected chi connectivity index (χ0v) is 10.3. The lowest BCUT2D eigenvalue weighted by molar-refractivity contribution is -0.147. The second-order valence-electron chi connectivity index (χ2n) is 4.74. The van der Waals surface area contributed by atoms with Crippen LogP contribution < -0.4 is 0 Å². The van der Waals surface area contributed by atoms with Crippen LogP contribution in [-0.2, 0) is 11.3 Å². The third-order valence-electron chi connectivity index (χ3n) is 3.26. The average Bonchev–Trinajstić information content (AvgIpc) is 2.82. The van der Waals surface area contributed by atoms with Crippen molar-refractivity contribution < 1.29 is 14.3 Å². The zero-order valence-electron chi connectivity index (χ0n) is 10.3. The molecular weight excluding hydrogens is 244 g/mol. The predicted octanol–water partition coefficient (Wildman–Crippen LogP) is 1.86. The summed E-state index contributed by atoms with van der Waals surface area (Å²) in [4.78, 5) is 17.2. The van der Waals surface area contributed by atoms with Crippen molar-refractivity contribution in [3.8, 4) is 11.5 Å². The van der Waals surface area contributed by atoms with E-state index in [9.17, 15) is 4.79 Å². The van der Waals surface area contributed by atoms with E-state index < -0.39 is 5.97 Å². The molecule has 98 valence electrons. The number of nitrogens with zero attached hydrogens (tertiary/aromatic N) is 2. The van der Waals surface area contributed by atoms with Crippen LogP contribution in [-0.4, -0.2) is 34.0 Å². The normalized spacial score (nSPS) is 16.2. The first-order valence-electron chi connectivity index (χ1n) is 6.17. The highest BCUT2D eigenvalue weighted by Gasteiger charge is 2.32. The Labute approximate surface area is 110 Å². The minimum absolute atomic E-state index is 0.236. The smallest absolute Gasteiger partial charge is 0.309 e. The maximum atomic E-state index is 10.7. The highest BCUT2D eigenvalue weighted by molar-refractivity contribution is 5.71. The number of hydrogen-bond donors (Lipinski definition) is 1. The van der Waals surface area contributed by atoms with Crippen molar-refractivity contribution in [2.75, 3.05) is 13.1 Å². The Morgan fingerprint density at radius 1 is 1.37 bits per heavy atom. The van der Waals surface area contributed by atoms with Crippen molar-refractivity contribution in [2.45, 2.75) is 6.54 Å². The third-order valence-corrected chi connectivity index (χ3v) is 3.26. The van der Waals surface area contributed by atoms with Crippen molar-refractivity contribution in [1.29, 1.82) is 0 Å². The van der Waals surface area contributed by atoms with E-state index in [2.05, 4.69) is 4.98 Å².